The molecule has 2 rings (SSSR count). The van der Waals surface area contributed by atoms with Gasteiger partial charge in [-0.3, -0.25) is 4.79 Å². The topological polar surface area (TPSA) is 44.1 Å². The van der Waals surface area contributed by atoms with Crippen molar-refractivity contribution in [2.24, 2.45) is 0 Å². The molecule has 0 spiro atoms. The first-order valence-electron chi connectivity index (χ1n) is 7.53. The molecule has 0 atom stereocenters. The highest BCUT2D eigenvalue weighted by Gasteiger charge is 2.19. The molecule has 2 aromatic carbocycles. The third-order valence-electron chi connectivity index (χ3n) is 3.68. The Morgan fingerprint density at radius 1 is 1.17 bits per heavy atom. The fourth-order valence-corrected chi connectivity index (χ4v) is 2.35. The van der Waals surface area contributed by atoms with Crippen molar-refractivity contribution in [3.8, 4) is 6.07 Å². The van der Waals surface area contributed by atoms with Crippen molar-refractivity contribution in [2.45, 2.75) is 32.9 Å². The molecule has 3 nitrogen and oxygen atoms in total. The lowest BCUT2D eigenvalue weighted by molar-refractivity contribution is -0.132. The second-order valence-electron chi connectivity index (χ2n) is 5.69. The number of hydrogen-bond acceptors (Lipinski definition) is 2. The van der Waals surface area contributed by atoms with Gasteiger partial charge in [0.25, 0.3) is 0 Å². The first kappa shape index (κ1) is 16.7. The number of amides is 1. The van der Waals surface area contributed by atoms with Crippen molar-refractivity contribution in [1.82, 2.24) is 4.90 Å². The summed E-state index contributed by atoms with van der Waals surface area (Å²) in [6, 6.07) is 15.5. The Hall–Kier alpha value is -2.67. The summed E-state index contributed by atoms with van der Waals surface area (Å²) in [4.78, 5) is 14.3. The lowest BCUT2D eigenvalue weighted by atomic mass is 10.1. The summed E-state index contributed by atoms with van der Waals surface area (Å²) < 4.78 is 13.7. The van der Waals surface area contributed by atoms with E-state index in [0.29, 0.717) is 17.7 Å². The molecule has 0 N–H and O–H groups in total. The lowest BCUT2D eigenvalue weighted by Crippen LogP contribution is -2.37. The molecular weight excluding hydrogens is 291 g/mol. The average Bonchev–Trinajstić information content (AvgIpc) is 2.55. The van der Waals surface area contributed by atoms with Gasteiger partial charge in [0.05, 0.1) is 18.1 Å². The first-order chi connectivity index (χ1) is 11.0. The van der Waals surface area contributed by atoms with Crippen LogP contribution in [0.1, 0.15) is 30.5 Å². The molecule has 0 unspecified atom stereocenters. The summed E-state index contributed by atoms with van der Waals surface area (Å²) in [6.45, 7) is 4.31. The van der Waals surface area contributed by atoms with Crippen LogP contribution in [0.25, 0.3) is 0 Å². The summed E-state index contributed by atoms with van der Waals surface area (Å²) in [7, 11) is 0. The number of nitrogens with zero attached hydrogens (tertiary/aromatic N) is 2. The minimum Gasteiger partial charge on any atom is -0.336 e. The van der Waals surface area contributed by atoms with Crippen LogP contribution >= 0.6 is 0 Å². The minimum atomic E-state index is -0.358. The van der Waals surface area contributed by atoms with Gasteiger partial charge in [-0.25, -0.2) is 4.39 Å². The van der Waals surface area contributed by atoms with Gasteiger partial charge in [0.15, 0.2) is 0 Å². The molecule has 0 fully saturated rings. The van der Waals surface area contributed by atoms with Crippen LogP contribution in [0.2, 0.25) is 0 Å². The molecule has 0 saturated heterocycles. The Bertz CT molecular complexity index is 717. The SMILES string of the molecule is CC(C)N(Cc1ccc(C#N)cc1)C(=O)Cc1ccccc1F. The number of carbonyl (C=O) groups is 1. The predicted octanol–water partition coefficient (Wildman–Crippen LogP) is 3.68. The number of benzene rings is 2. The van der Waals surface area contributed by atoms with Crippen molar-refractivity contribution in [1.29, 1.82) is 5.26 Å². The highest BCUT2D eigenvalue weighted by molar-refractivity contribution is 5.79. The first-order valence-corrected chi connectivity index (χ1v) is 7.53. The van der Waals surface area contributed by atoms with Gasteiger partial charge in [0, 0.05) is 12.6 Å². The van der Waals surface area contributed by atoms with Gasteiger partial charge in [-0.2, -0.15) is 5.26 Å². The zero-order valence-corrected chi connectivity index (χ0v) is 13.3. The van der Waals surface area contributed by atoms with Crippen molar-refractivity contribution in [3.05, 3.63) is 71.0 Å². The van der Waals surface area contributed by atoms with E-state index in [1.807, 2.05) is 26.0 Å². The van der Waals surface area contributed by atoms with E-state index in [1.165, 1.54) is 6.07 Å². The minimum absolute atomic E-state index is 0.00455. The van der Waals surface area contributed by atoms with E-state index in [0.717, 1.165) is 5.56 Å². The van der Waals surface area contributed by atoms with E-state index in [9.17, 15) is 9.18 Å². The highest BCUT2D eigenvalue weighted by Crippen LogP contribution is 2.14. The Labute approximate surface area is 136 Å². The van der Waals surface area contributed by atoms with Crippen LogP contribution in [0.4, 0.5) is 4.39 Å². The molecule has 23 heavy (non-hydrogen) atoms. The molecule has 0 saturated carbocycles. The van der Waals surface area contributed by atoms with Crippen molar-refractivity contribution >= 4 is 5.91 Å². The molecule has 0 radical (unpaired) electrons. The standard InChI is InChI=1S/C19H19FN2O/c1-14(2)22(13-16-9-7-15(12-21)8-10-16)19(23)11-17-5-3-4-6-18(17)20/h3-10,14H,11,13H2,1-2H3. The molecule has 1 amide bonds. The molecule has 118 valence electrons. The zero-order valence-electron chi connectivity index (χ0n) is 13.3. The molecule has 0 aromatic heterocycles. The van der Waals surface area contributed by atoms with Gasteiger partial charge in [0.2, 0.25) is 5.91 Å². The molecule has 0 aliphatic carbocycles. The lowest BCUT2D eigenvalue weighted by Gasteiger charge is -2.27. The Kier molecular flexibility index (Phi) is 5.48. The van der Waals surface area contributed by atoms with Gasteiger partial charge in [-0.15, -0.1) is 0 Å². The second-order valence-corrected chi connectivity index (χ2v) is 5.69. The quantitative estimate of drug-likeness (QED) is 0.845. The van der Waals surface area contributed by atoms with Crippen molar-refractivity contribution < 1.29 is 9.18 Å². The van der Waals surface area contributed by atoms with Gasteiger partial charge in [-0.05, 0) is 43.2 Å². The van der Waals surface area contributed by atoms with E-state index < -0.39 is 0 Å². The normalized spacial score (nSPS) is 10.4. The molecule has 2 aromatic rings. The van der Waals surface area contributed by atoms with Gasteiger partial charge in [-0.1, -0.05) is 30.3 Å². The van der Waals surface area contributed by atoms with E-state index in [1.54, 1.807) is 35.2 Å². The summed E-state index contributed by atoms with van der Waals surface area (Å²) in [5, 5.41) is 8.83. The molecule has 0 aliphatic rings. The molecule has 0 bridgehead atoms. The molecule has 0 aliphatic heterocycles. The van der Waals surface area contributed by atoms with Crippen LogP contribution in [-0.2, 0) is 17.8 Å². The third-order valence-corrected chi connectivity index (χ3v) is 3.68. The summed E-state index contributed by atoms with van der Waals surface area (Å²) in [5.74, 6) is -0.475. The van der Waals surface area contributed by atoms with Crippen LogP contribution in [0.5, 0.6) is 0 Å². The number of halogens is 1. The fourth-order valence-electron chi connectivity index (χ4n) is 2.35. The van der Waals surface area contributed by atoms with E-state index >= 15 is 0 Å². The summed E-state index contributed by atoms with van der Waals surface area (Å²) >= 11 is 0. The van der Waals surface area contributed by atoms with Crippen LogP contribution in [-0.4, -0.2) is 16.8 Å². The smallest absolute Gasteiger partial charge is 0.227 e. The second kappa shape index (κ2) is 7.55. The van der Waals surface area contributed by atoms with E-state index in [4.69, 9.17) is 5.26 Å². The van der Waals surface area contributed by atoms with E-state index in [2.05, 4.69) is 6.07 Å². The Balaban J connectivity index is 2.12. The number of carbonyl (C=O) groups excluding carboxylic acids is 1. The predicted molar refractivity (Wildman–Crippen MR) is 86.9 cm³/mol. The van der Waals surface area contributed by atoms with Gasteiger partial charge < -0.3 is 4.90 Å². The van der Waals surface area contributed by atoms with Crippen molar-refractivity contribution in [2.75, 3.05) is 0 Å². The fraction of sp³-hybridized carbons (Fsp3) is 0.263. The molecule has 4 heteroatoms. The Morgan fingerprint density at radius 3 is 2.39 bits per heavy atom. The maximum absolute atomic E-state index is 13.7. The number of rotatable bonds is 5. The maximum Gasteiger partial charge on any atom is 0.227 e. The number of hydrogen-bond donors (Lipinski definition) is 0. The monoisotopic (exact) mass is 310 g/mol. The van der Waals surface area contributed by atoms with Crippen LogP contribution in [0.3, 0.4) is 0 Å². The van der Waals surface area contributed by atoms with Crippen molar-refractivity contribution in [3.63, 3.8) is 0 Å². The van der Waals surface area contributed by atoms with Crippen LogP contribution < -0.4 is 0 Å². The zero-order chi connectivity index (χ0) is 16.8. The Morgan fingerprint density at radius 2 is 1.83 bits per heavy atom. The molecular formula is C19H19FN2O. The average molecular weight is 310 g/mol. The maximum atomic E-state index is 13.7. The number of nitriles is 1. The molecule has 0 heterocycles. The van der Waals surface area contributed by atoms with Gasteiger partial charge in [0.1, 0.15) is 5.82 Å². The summed E-state index contributed by atoms with van der Waals surface area (Å²) in [5.41, 5.74) is 1.94. The van der Waals surface area contributed by atoms with Crippen LogP contribution in [0.15, 0.2) is 48.5 Å². The van der Waals surface area contributed by atoms with Crippen LogP contribution in [0, 0.1) is 17.1 Å². The third kappa shape index (κ3) is 4.40. The largest absolute Gasteiger partial charge is 0.336 e. The summed E-state index contributed by atoms with van der Waals surface area (Å²) in [6.07, 6.45) is 0.0428. The highest BCUT2D eigenvalue weighted by atomic mass is 19.1. The van der Waals surface area contributed by atoms with Gasteiger partial charge >= 0.3 is 0 Å². The van der Waals surface area contributed by atoms with E-state index in [-0.39, 0.29) is 24.2 Å².